The predicted molar refractivity (Wildman–Crippen MR) is 116 cm³/mol. The molecule has 0 unspecified atom stereocenters. The number of amides is 2. The molecule has 5 heteroatoms. The Morgan fingerprint density at radius 2 is 1.69 bits per heavy atom. The molecule has 1 saturated heterocycles. The number of hydrogen-bond acceptors (Lipinski definition) is 3. The first kappa shape index (κ1) is 19.5. The Morgan fingerprint density at radius 3 is 2.41 bits per heavy atom. The van der Waals surface area contributed by atoms with E-state index in [0.717, 1.165) is 37.4 Å². The summed E-state index contributed by atoms with van der Waals surface area (Å²) < 4.78 is 0. The number of rotatable bonds is 5. The van der Waals surface area contributed by atoms with Crippen LogP contribution in [0.2, 0.25) is 0 Å². The lowest BCUT2D eigenvalue weighted by Crippen LogP contribution is -2.37. The van der Waals surface area contributed by atoms with Crippen molar-refractivity contribution in [1.29, 1.82) is 0 Å². The highest BCUT2D eigenvalue weighted by Crippen LogP contribution is 2.34. The third kappa shape index (κ3) is 4.44. The quantitative estimate of drug-likeness (QED) is 0.781. The van der Waals surface area contributed by atoms with Crippen molar-refractivity contribution < 1.29 is 9.59 Å². The molecule has 0 N–H and O–H groups in total. The van der Waals surface area contributed by atoms with Crippen molar-refractivity contribution in [3.8, 4) is 0 Å². The SMILES string of the molecule is C[C@@H]1CN(Cc2ccccc2)c2ccccc2N(C(=O)CCN2CCCC2=O)C1. The number of fused-ring (bicyclic) bond motifs is 1. The summed E-state index contributed by atoms with van der Waals surface area (Å²) in [6, 6.07) is 18.7. The molecule has 5 nitrogen and oxygen atoms in total. The van der Waals surface area contributed by atoms with Gasteiger partial charge in [0.1, 0.15) is 0 Å². The fourth-order valence-corrected chi connectivity index (χ4v) is 4.40. The van der Waals surface area contributed by atoms with Crippen LogP contribution in [0.25, 0.3) is 0 Å². The number of hydrogen-bond donors (Lipinski definition) is 0. The first-order chi connectivity index (χ1) is 14.1. The molecule has 0 bridgehead atoms. The summed E-state index contributed by atoms with van der Waals surface area (Å²) >= 11 is 0. The summed E-state index contributed by atoms with van der Waals surface area (Å²) in [4.78, 5) is 31.2. The summed E-state index contributed by atoms with van der Waals surface area (Å²) in [5, 5.41) is 0. The second kappa shape index (κ2) is 8.68. The van der Waals surface area contributed by atoms with Gasteiger partial charge in [-0.1, -0.05) is 49.4 Å². The molecule has 4 rings (SSSR count). The Bertz CT molecular complexity index is 867. The Kier molecular flexibility index (Phi) is 5.84. The zero-order valence-electron chi connectivity index (χ0n) is 17.1. The smallest absolute Gasteiger partial charge is 0.228 e. The molecule has 2 aliphatic rings. The van der Waals surface area contributed by atoms with Crippen molar-refractivity contribution in [2.45, 2.75) is 32.7 Å². The zero-order valence-corrected chi connectivity index (χ0v) is 17.1. The largest absolute Gasteiger partial charge is 0.365 e. The van der Waals surface area contributed by atoms with Crippen LogP contribution in [-0.2, 0) is 16.1 Å². The standard InChI is InChI=1S/C24H29N3O2/c1-19-16-26(18-20-8-3-2-4-9-20)21-10-5-6-11-22(21)27(17-19)24(29)13-15-25-14-7-12-23(25)28/h2-6,8-11,19H,7,12-18H2,1H3/t19-/m1/s1. The van der Waals surface area contributed by atoms with Gasteiger partial charge < -0.3 is 14.7 Å². The van der Waals surface area contributed by atoms with Gasteiger partial charge in [0.2, 0.25) is 11.8 Å². The van der Waals surface area contributed by atoms with Crippen molar-refractivity contribution >= 4 is 23.2 Å². The van der Waals surface area contributed by atoms with Crippen LogP contribution in [0.1, 0.15) is 31.7 Å². The molecule has 152 valence electrons. The maximum atomic E-state index is 13.2. The van der Waals surface area contributed by atoms with Crippen LogP contribution in [0.3, 0.4) is 0 Å². The molecule has 0 radical (unpaired) electrons. The molecule has 2 amide bonds. The predicted octanol–water partition coefficient (Wildman–Crippen LogP) is 3.69. The first-order valence-electron chi connectivity index (χ1n) is 10.6. The van der Waals surface area contributed by atoms with Gasteiger partial charge in [-0.3, -0.25) is 9.59 Å². The zero-order chi connectivity index (χ0) is 20.2. The van der Waals surface area contributed by atoms with Crippen molar-refractivity contribution in [3.05, 3.63) is 60.2 Å². The topological polar surface area (TPSA) is 43.9 Å². The second-order valence-corrected chi connectivity index (χ2v) is 8.20. The maximum Gasteiger partial charge on any atom is 0.228 e. The van der Waals surface area contributed by atoms with E-state index in [2.05, 4.69) is 42.2 Å². The van der Waals surface area contributed by atoms with E-state index in [1.165, 1.54) is 5.56 Å². The van der Waals surface area contributed by atoms with E-state index in [4.69, 9.17) is 0 Å². The molecule has 2 aromatic rings. The van der Waals surface area contributed by atoms with Crippen LogP contribution in [0.15, 0.2) is 54.6 Å². The highest BCUT2D eigenvalue weighted by molar-refractivity contribution is 5.97. The van der Waals surface area contributed by atoms with Crippen LogP contribution in [-0.4, -0.2) is 42.9 Å². The number of para-hydroxylation sites is 2. The summed E-state index contributed by atoms with van der Waals surface area (Å²) in [6.45, 7) is 5.94. The third-order valence-corrected chi connectivity index (χ3v) is 5.82. The van der Waals surface area contributed by atoms with Gasteiger partial charge in [0, 0.05) is 45.6 Å². The van der Waals surface area contributed by atoms with Gasteiger partial charge in [-0.25, -0.2) is 0 Å². The van der Waals surface area contributed by atoms with Crippen LogP contribution in [0, 0.1) is 5.92 Å². The minimum absolute atomic E-state index is 0.102. The minimum atomic E-state index is 0.102. The lowest BCUT2D eigenvalue weighted by molar-refractivity contribution is -0.128. The molecular formula is C24H29N3O2. The monoisotopic (exact) mass is 391 g/mol. The van der Waals surface area contributed by atoms with Gasteiger partial charge in [-0.05, 0) is 30.0 Å². The van der Waals surface area contributed by atoms with E-state index in [-0.39, 0.29) is 11.8 Å². The van der Waals surface area contributed by atoms with Gasteiger partial charge >= 0.3 is 0 Å². The number of carbonyl (C=O) groups excluding carboxylic acids is 2. The highest BCUT2D eigenvalue weighted by atomic mass is 16.2. The fraction of sp³-hybridized carbons (Fsp3) is 0.417. The van der Waals surface area contributed by atoms with Crippen molar-refractivity contribution in [2.24, 2.45) is 5.92 Å². The fourth-order valence-electron chi connectivity index (χ4n) is 4.40. The van der Waals surface area contributed by atoms with Gasteiger partial charge in [0.05, 0.1) is 11.4 Å². The number of carbonyl (C=O) groups is 2. The number of nitrogens with zero attached hydrogens (tertiary/aromatic N) is 3. The van der Waals surface area contributed by atoms with Crippen LogP contribution in [0.4, 0.5) is 11.4 Å². The first-order valence-corrected chi connectivity index (χ1v) is 10.6. The summed E-state index contributed by atoms with van der Waals surface area (Å²) in [6.07, 6.45) is 1.91. The summed E-state index contributed by atoms with van der Waals surface area (Å²) in [5.41, 5.74) is 3.35. The summed E-state index contributed by atoms with van der Waals surface area (Å²) in [5.74, 6) is 0.630. The van der Waals surface area contributed by atoms with E-state index in [0.29, 0.717) is 31.8 Å². The van der Waals surface area contributed by atoms with Gasteiger partial charge in [0.25, 0.3) is 0 Å². The van der Waals surface area contributed by atoms with Gasteiger partial charge in [-0.2, -0.15) is 0 Å². The molecule has 0 aromatic heterocycles. The van der Waals surface area contributed by atoms with Crippen molar-refractivity contribution in [3.63, 3.8) is 0 Å². The number of anilines is 2. The molecular weight excluding hydrogens is 362 g/mol. The molecule has 29 heavy (non-hydrogen) atoms. The molecule has 2 aromatic carbocycles. The molecule has 0 saturated carbocycles. The second-order valence-electron chi connectivity index (χ2n) is 8.20. The molecule has 0 aliphatic carbocycles. The molecule has 2 heterocycles. The van der Waals surface area contributed by atoms with Gasteiger partial charge in [0.15, 0.2) is 0 Å². The van der Waals surface area contributed by atoms with E-state index in [1.807, 2.05) is 34.1 Å². The lowest BCUT2D eigenvalue weighted by atomic mass is 10.1. The van der Waals surface area contributed by atoms with E-state index in [1.54, 1.807) is 0 Å². The lowest BCUT2D eigenvalue weighted by Gasteiger charge is -2.27. The van der Waals surface area contributed by atoms with Crippen molar-refractivity contribution in [1.82, 2.24) is 4.90 Å². The Labute approximate surface area is 172 Å². The summed E-state index contributed by atoms with van der Waals surface area (Å²) in [7, 11) is 0. The van der Waals surface area contributed by atoms with E-state index < -0.39 is 0 Å². The van der Waals surface area contributed by atoms with Crippen LogP contribution in [0.5, 0.6) is 0 Å². The van der Waals surface area contributed by atoms with Crippen molar-refractivity contribution in [2.75, 3.05) is 36.0 Å². The van der Waals surface area contributed by atoms with E-state index in [9.17, 15) is 9.59 Å². The van der Waals surface area contributed by atoms with Gasteiger partial charge in [-0.15, -0.1) is 0 Å². The molecule has 0 spiro atoms. The maximum absolute atomic E-state index is 13.2. The van der Waals surface area contributed by atoms with Crippen LogP contribution >= 0.6 is 0 Å². The minimum Gasteiger partial charge on any atom is -0.365 e. The number of likely N-dealkylation sites (tertiary alicyclic amines) is 1. The Balaban J connectivity index is 1.55. The van der Waals surface area contributed by atoms with Crippen LogP contribution < -0.4 is 9.80 Å². The third-order valence-electron chi connectivity index (χ3n) is 5.82. The Morgan fingerprint density at radius 1 is 0.966 bits per heavy atom. The van der Waals surface area contributed by atoms with E-state index >= 15 is 0 Å². The molecule has 1 atom stereocenters. The average Bonchev–Trinajstić information content (AvgIpc) is 3.09. The Hall–Kier alpha value is -2.82. The molecule has 2 aliphatic heterocycles. The molecule has 1 fully saturated rings. The normalized spacial score (nSPS) is 19.3. The number of benzene rings is 2. The average molecular weight is 392 g/mol. The highest BCUT2D eigenvalue weighted by Gasteiger charge is 2.29.